The third-order valence-electron chi connectivity index (χ3n) is 3.83. The number of ketones is 1. The first-order chi connectivity index (χ1) is 9.70. The third-order valence-corrected chi connectivity index (χ3v) is 4.16. The molecule has 110 valence electrons. The number of likely N-dealkylation sites (tertiary alicyclic amines) is 1. The Morgan fingerprint density at radius 2 is 1.95 bits per heavy atom. The summed E-state index contributed by atoms with van der Waals surface area (Å²) in [5.74, 6) is 0.769. The van der Waals surface area contributed by atoms with Gasteiger partial charge in [0.1, 0.15) is 5.75 Å². The normalized spacial score (nSPS) is 16.7. The molecule has 1 aliphatic heterocycles. The van der Waals surface area contributed by atoms with E-state index in [-0.39, 0.29) is 5.78 Å². The van der Waals surface area contributed by atoms with Gasteiger partial charge >= 0.3 is 0 Å². The molecular weight excluding hydrogens is 274 g/mol. The zero-order valence-electron chi connectivity index (χ0n) is 12.0. The van der Waals surface area contributed by atoms with E-state index in [1.54, 1.807) is 25.3 Å². The first-order valence-corrected chi connectivity index (χ1v) is 7.67. The lowest BCUT2D eigenvalue weighted by molar-refractivity contribution is 0.0964. The Balaban J connectivity index is 1.94. The molecule has 0 amide bonds. The smallest absolute Gasteiger partial charge is 0.165 e. The number of nitrogens with zero attached hydrogens (tertiary/aromatic N) is 1. The molecule has 0 unspecified atom stereocenters. The minimum Gasteiger partial charge on any atom is -0.497 e. The van der Waals surface area contributed by atoms with Crippen LogP contribution in [0.15, 0.2) is 18.2 Å². The van der Waals surface area contributed by atoms with Crippen LogP contribution in [0, 0.1) is 0 Å². The Kier molecular flexibility index (Phi) is 5.86. The number of hydrogen-bond donors (Lipinski definition) is 0. The fourth-order valence-corrected chi connectivity index (χ4v) is 2.82. The Hall–Kier alpha value is -1.06. The SMILES string of the molecule is COc1ccc(Cl)c(C(=O)CCN2CCCCCC2)c1. The molecule has 3 nitrogen and oxygen atoms in total. The highest BCUT2D eigenvalue weighted by Crippen LogP contribution is 2.23. The van der Waals surface area contributed by atoms with E-state index in [2.05, 4.69) is 4.90 Å². The van der Waals surface area contributed by atoms with Crippen molar-refractivity contribution in [2.45, 2.75) is 32.1 Å². The zero-order valence-corrected chi connectivity index (χ0v) is 12.8. The van der Waals surface area contributed by atoms with Gasteiger partial charge in [-0.1, -0.05) is 24.4 Å². The van der Waals surface area contributed by atoms with Crippen molar-refractivity contribution >= 4 is 17.4 Å². The second-order valence-electron chi connectivity index (χ2n) is 5.27. The average Bonchev–Trinajstić information content (AvgIpc) is 2.74. The molecule has 1 heterocycles. The molecule has 1 saturated heterocycles. The van der Waals surface area contributed by atoms with Crippen LogP contribution in [-0.4, -0.2) is 37.4 Å². The maximum absolute atomic E-state index is 12.3. The summed E-state index contributed by atoms with van der Waals surface area (Å²) in [7, 11) is 1.59. The lowest BCUT2D eigenvalue weighted by Gasteiger charge is -2.19. The first kappa shape index (κ1) is 15.3. The predicted molar refractivity (Wildman–Crippen MR) is 81.9 cm³/mol. The summed E-state index contributed by atoms with van der Waals surface area (Å²) >= 11 is 6.11. The minimum absolute atomic E-state index is 0.0955. The van der Waals surface area contributed by atoms with Crippen LogP contribution in [0.4, 0.5) is 0 Å². The highest BCUT2D eigenvalue weighted by atomic mass is 35.5. The van der Waals surface area contributed by atoms with Crippen molar-refractivity contribution in [3.05, 3.63) is 28.8 Å². The van der Waals surface area contributed by atoms with Gasteiger partial charge < -0.3 is 9.64 Å². The molecule has 0 aliphatic carbocycles. The van der Waals surface area contributed by atoms with Crippen molar-refractivity contribution < 1.29 is 9.53 Å². The predicted octanol–water partition coefficient (Wildman–Crippen LogP) is 3.80. The fraction of sp³-hybridized carbons (Fsp3) is 0.562. The molecule has 20 heavy (non-hydrogen) atoms. The van der Waals surface area contributed by atoms with Crippen LogP contribution >= 0.6 is 11.6 Å². The molecule has 1 fully saturated rings. The highest BCUT2D eigenvalue weighted by Gasteiger charge is 2.15. The Morgan fingerprint density at radius 3 is 2.60 bits per heavy atom. The van der Waals surface area contributed by atoms with Crippen LogP contribution in [0.2, 0.25) is 5.02 Å². The van der Waals surface area contributed by atoms with Gasteiger partial charge in [0, 0.05) is 18.5 Å². The summed E-state index contributed by atoms with van der Waals surface area (Å²) in [5.41, 5.74) is 0.570. The van der Waals surface area contributed by atoms with Gasteiger partial charge in [-0.05, 0) is 44.1 Å². The molecule has 1 aromatic rings. The summed E-state index contributed by atoms with van der Waals surface area (Å²) in [6.45, 7) is 3.05. The van der Waals surface area contributed by atoms with Crippen LogP contribution in [-0.2, 0) is 0 Å². The van der Waals surface area contributed by atoms with E-state index in [0.29, 0.717) is 22.8 Å². The monoisotopic (exact) mass is 295 g/mol. The molecule has 0 radical (unpaired) electrons. The number of rotatable bonds is 5. The number of carbonyl (C=O) groups excluding carboxylic acids is 1. The lowest BCUT2D eigenvalue weighted by Crippen LogP contribution is -2.27. The number of hydrogen-bond acceptors (Lipinski definition) is 3. The van der Waals surface area contributed by atoms with Gasteiger partial charge in [-0.15, -0.1) is 0 Å². The molecule has 0 atom stereocenters. The van der Waals surface area contributed by atoms with E-state index in [0.717, 1.165) is 19.6 Å². The second-order valence-corrected chi connectivity index (χ2v) is 5.68. The van der Waals surface area contributed by atoms with Crippen LogP contribution in [0.25, 0.3) is 0 Å². The number of Topliss-reactive ketones (excluding diaryl/α,β-unsaturated/α-hetero) is 1. The number of halogens is 1. The van der Waals surface area contributed by atoms with E-state index in [9.17, 15) is 4.79 Å². The molecular formula is C16H22ClNO2. The van der Waals surface area contributed by atoms with Crippen molar-refractivity contribution in [2.75, 3.05) is 26.7 Å². The van der Waals surface area contributed by atoms with Gasteiger partial charge in [-0.3, -0.25) is 4.79 Å². The summed E-state index contributed by atoms with van der Waals surface area (Å²) in [5, 5.41) is 0.506. The zero-order chi connectivity index (χ0) is 14.4. The van der Waals surface area contributed by atoms with Crippen molar-refractivity contribution in [3.8, 4) is 5.75 Å². The lowest BCUT2D eigenvalue weighted by atomic mass is 10.1. The van der Waals surface area contributed by atoms with E-state index in [4.69, 9.17) is 16.3 Å². The third kappa shape index (κ3) is 4.22. The summed E-state index contributed by atoms with van der Waals surface area (Å²) in [4.78, 5) is 14.7. The highest BCUT2D eigenvalue weighted by molar-refractivity contribution is 6.34. The number of benzene rings is 1. The maximum atomic E-state index is 12.3. The first-order valence-electron chi connectivity index (χ1n) is 7.30. The van der Waals surface area contributed by atoms with Crippen LogP contribution < -0.4 is 4.74 Å². The Bertz CT molecular complexity index is 454. The molecule has 1 aromatic carbocycles. The second kappa shape index (κ2) is 7.65. The summed E-state index contributed by atoms with van der Waals surface area (Å²) in [6, 6.07) is 5.22. The van der Waals surface area contributed by atoms with Crippen molar-refractivity contribution in [1.29, 1.82) is 0 Å². The molecule has 0 N–H and O–H groups in total. The van der Waals surface area contributed by atoms with Crippen LogP contribution in [0.3, 0.4) is 0 Å². The standard InChI is InChI=1S/C16H22ClNO2/c1-20-13-6-7-15(17)14(12-13)16(19)8-11-18-9-4-2-3-5-10-18/h6-7,12H,2-5,8-11H2,1H3. The van der Waals surface area contributed by atoms with Gasteiger partial charge in [0.2, 0.25) is 0 Å². The number of methoxy groups -OCH3 is 1. The molecule has 2 rings (SSSR count). The number of ether oxygens (including phenoxy) is 1. The van der Waals surface area contributed by atoms with E-state index >= 15 is 0 Å². The Morgan fingerprint density at radius 1 is 1.25 bits per heavy atom. The van der Waals surface area contributed by atoms with Crippen LogP contribution in [0.5, 0.6) is 5.75 Å². The van der Waals surface area contributed by atoms with Gasteiger partial charge in [0.15, 0.2) is 5.78 Å². The van der Waals surface area contributed by atoms with E-state index < -0.39 is 0 Å². The fourth-order valence-electron chi connectivity index (χ4n) is 2.60. The van der Waals surface area contributed by atoms with Crippen LogP contribution in [0.1, 0.15) is 42.5 Å². The molecule has 0 aromatic heterocycles. The van der Waals surface area contributed by atoms with Crippen molar-refractivity contribution in [1.82, 2.24) is 4.90 Å². The molecule has 1 aliphatic rings. The molecule has 0 spiro atoms. The van der Waals surface area contributed by atoms with Gasteiger partial charge in [-0.25, -0.2) is 0 Å². The average molecular weight is 296 g/mol. The number of carbonyl (C=O) groups is 1. The van der Waals surface area contributed by atoms with Gasteiger partial charge in [0.05, 0.1) is 12.1 Å². The quantitative estimate of drug-likeness (QED) is 0.774. The minimum atomic E-state index is 0.0955. The summed E-state index contributed by atoms with van der Waals surface area (Å²) in [6.07, 6.45) is 5.63. The van der Waals surface area contributed by atoms with Gasteiger partial charge in [-0.2, -0.15) is 0 Å². The topological polar surface area (TPSA) is 29.5 Å². The largest absolute Gasteiger partial charge is 0.497 e. The van der Waals surface area contributed by atoms with Gasteiger partial charge in [0.25, 0.3) is 0 Å². The summed E-state index contributed by atoms with van der Waals surface area (Å²) < 4.78 is 5.15. The van der Waals surface area contributed by atoms with Crippen molar-refractivity contribution in [2.24, 2.45) is 0 Å². The van der Waals surface area contributed by atoms with Crippen molar-refractivity contribution in [3.63, 3.8) is 0 Å². The maximum Gasteiger partial charge on any atom is 0.165 e. The van der Waals surface area contributed by atoms with E-state index in [1.165, 1.54) is 25.7 Å². The molecule has 0 bridgehead atoms. The van der Waals surface area contributed by atoms with E-state index in [1.807, 2.05) is 0 Å². The molecule has 0 saturated carbocycles. The Labute approximate surface area is 125 Å². The molecule has 4 heteroatoms.